The van der Waals surface area contributed by atoms with Crippen molar-refractivity contribution >= 4 is 22.8 Å². The van der Waals surface area contributed by atoms with Crippen LogP contribution in [0.2, 0.25) is 0 Å². The van der Waals surface area contributed by atoms with Crippen LogP contribution in [-0.4, -0.2) is 46.2 Å². The summed E-state index contributed by atoms with van der Waals surface area (Å²) in [6.45, 7) is 5.27. The van der Waals surface area contributed by atoms with Gasteiger partial charge in [0, 0.05) is 38.1 Å². The molecule has 7 heteroatoms. The van der Waals surface area contributed by atoms with Gasteiger partial charge in [0.25, 0.3) is 0 Å². The highest BCUT2D eigenvalue weighted by atomic mass is 16.5. The quantitative estimate of drug-likeness (QED) is 0.708. The normalized spacial score (nSPS) is 17.0. The van der Waals surface area contributed by atoms with Crippen molar-refractivity contribution in [3.63, 3.8) is 0 Å². The van der Waals surface area contributed by atoms with E-state index in [0.29, 0.717) is 18.5 Å². The number of para-hydroxylation sites is 2. The third-order valence-corrected chi connectivity index (χ3v) is 4.86. The average molecular weight is 352 g/mol. The second-order valence-corrected chi connectivity index (χ2v) is 6.60. The molecule has 7 nitrogen and oxygen atoms in total. The lowest BCUT2D eigenvalue weighted by atomic mass is 10.0. The van der Waals surface area contributed by atoms with Crippen LogP contribution in [0.1, 0.15) is 30.8 Å². The summed E-state index contributed by atoms with van der Waals surface area (Å²) in [6, 6.07) is 10.1. The Kier molecular flexibility index (Phi) is 4.71. The molecule has 0 saturated carbocycles. The Bertz CT molecular complexity index is 854. The van der Waals surface area contributed by atoms with Crippen LogP contribution in [0.15, 0.2) is 30.3 Å². The number of rotatable bonds is 6. The molecule has 0 aliphatic carbocycles. The minimum Gasteiger partial charge on any atom is -0.381 e. The van der Waals surface area contributed by atoms with Gasteiger partial charge in [-0.15, -0.1) is 0 Å². The molecule has 0 unspecified atom stereocenters. The van der Waals surface area contributed by atoms with E-state index in [9.17, 15) is 0 Å². The van der Waals surface area contributed by atoms with Gasteiger partial charge in [-0.05, 0) is 25.5 Å². The van der Waals surface area contributed by atoms with Crippen molar-refractivity contribution in [2.45, 2.75) is 25.7 Å². The molecule has 0 bridgehead atoms. The number of nitrogens with one attached hydrogen (secondary N) is 1. The van der Waals surface area contributed by atoms with Gasteiger partial charge in [-0.1, -0.05) is 12.1 Å². The number of hydrogen-bond acceptors (Lipinski definition) is 6. The van der Waals surface area contributed by atoms with Crippen LogP contribution in [0.4, 0.5) is 11.8 Å². The molecule has 3 N–H and O–H groups in total. The molecule has 2 aromatic heterocycles. The molecule has 0 spiro atoms. The Labute approximate surface area is 152 Å². The van der Waals surface area contributed by atoms with Gasteiger partial charge < -0.3 is 20.4 Å². The number of nitrogens with two attached hydrogens (primary N) is 1. The minimum absolute atomic E-state index is 0.313. The number of nitrogens with zero attached hydrogens (tertiary/aromatic N) is 4. The minimum atomic E-state index is 0.313. The lowest BCUT2D eigenvalue weighted by molar-refractivity contribution is 0.193. The van der Waals surface area contributed by atoms with Gasteiger partial charge in [0.2, 0.25) is 5.95 Å². The smallest absolute Gasteiger partial charge is 0.222 e. The highest BCUT2D eigenvalue weighted by Crippen LogP contribution is 2.26. The molecule has 3 aromatic rings. The van der Waals surface area contributed by atoms with E-state index < -0.39 is 0 Å². The first kappa shape index (κ1) is 16.8. The van der Waals surface area contributed by atoms with Crippen molar-refractivity contribution in [1.29, 1.82) is 0 Å². The van der Waals surface area contributed by atoms with E-state index in [-0.39, 0.29) is 0 Å². The van der Waals surface area contributed by atoms with Crippen molar-refractivity contribution in [2.24, 2.45) is 0 Å². The van der Waals surface area contributed by atoms with E-state index in [4.69, 9.17) is 10.5 Å². The third kappa shape index (κ3) is 3.48. The van der Waals surface area contributed by atoms with Crippen molar-refractivity contribution in [2.75, 3.05) is 36.9 Å². The van der Waals surface area contributed by atoms with E-state index in [1.54, 1.807) is 0 Å². The largest absolute Gasteiger partial charge is 0.381 e. The van der Waals surface area contributed by atoms with Crippen LogP contribution in [0.5, 0.6) is 0 Å². The number of fused-ring (bicyclic) bond motifs is 1. The summed E-state index contributed by atoms with van der Waals surface area (Å²) in [5, 5.41) is 0. The summed E-state index contributed by atoms with van der Waals surface area (Å²) in [7, 11) is 0. The van der Waals surface area contributed by atoms with E-state index in [1.165, 1.54) is 0 Å². The zero-order valence-electron chi connectivity index (χ0n) is 15.0. The van der Waals surface area contributed by atoms with E-state index in [0.717, 1.165) is 60.9 Å². The van der Waals surface area contributed by atoms with Crippen LogP contribution in [-0.2, 0) is 11.2 Å². The van der Waals surface area contributed by atoms with Gasteiger partial charge in [-0.3, -0.25) is 0 Å². The van der Waals surface area contributed by atoms with Crippen LogP contribution in [0.3, 0.4) is 0 Å². The standard InChI is InChI=1S/C19H24N6O/c1-2-25(9-7-17-21-14-5-3-4-6-15(14)22-17)18-11-16(23-19(20)24-18)13-8-10-26-12-13/h3-6,11,13H,2,7-10,12H2,1H3,(H,21,22)(H2,20,23,24)/t13-/m0/s1. The zero-order chi connectivity index (χ0) is 17.9. The Balaban J connectivity index is 1.51. The maximum atomic E-state index is 5.97. The topological polar surface area (TPSA) is 93.0 Å². The Hall–Kier alpha value is -2.67. The number of imidazole rings is 1. The maximum absolute atomic E-state index is 5.97. The number of hydrogen-bond donors (Lipinski definition) is 2. The molecule has 1 fully saturated rings. The first-order valence-corrected chi connectivity index (χ1v) is 9.13. The monoisotopic (exact) mass is 352 g/mol. The molecule has 1 aliphatic heterocycles. The fraction of sp³-hybridized carbons (Fsp3) is 0.421. The van der Waals surface area contributed by atoms with Gasteiger partial charge in [0.1, 0.15) is 11.6 Å². The molecular weight excluding hydrogens is 328 g/mol. The molecule has 26 heavy (non-hydrogen) atoms. The number of benzene rings is 1. The molecule has 1 atom stereocenters. The first-order valence-electron chi connectivity index (χ1n) is 9.13. The third-order valence-electron chi connectivity index (χ3n) is 4.86. The molecule has 3 heterocycles. The number of aromatic amines is 1. The summed E-state index contributed by atoms with van der Waals surface area (Å²) in [5.41, 5.74) is 9.02. The molecule has 0 amide bonds. The molecule has 1 aliphatic rings. The summed E-state index contributed by atoms with van der Waals surface area (Å²) in [5.74, 6) is 2.49. The predicted molar refractivity (Wildman–Crippen MR) is 102 cm³/mol. The van der Waals surface area contributed by atoms with Crippen molar-refractivity contribution < 1.29 is 4.74 Å². The van der Waals surface area contributed by atoms with Crippen molar-refractivity contribution in [3.8, 4) is 0 Å². The highest BCUT2D eigenvalue weighted by molar-refractivity contribution is 5.74. The van der Waals surface area contributed by atoms with Crippen molar-refractivity contribution in [1.82, 2.24) is 19.9 Å². The lowest BCUT2D eigenvalue weighted by Crippen LogP contribution is -2.27. The SMILES string of the molecule is CCN(CCc1nc2ccccc2[nH]1)c1cc([C@H]2CCOC2)nc(N)n1. The van der Waals surface area contributed by atoms with Crippen LogP contribution >= 0.6 is 0 Å². The highest BCUT2D eigenvalue weighted by Gasteiger charge is 2.21. The van der Waals surface area contributed by atoms with Crippen LogP contribution in [0, 0.1) is 0 Å². The second kappa shape index (κ2) is 7.29. The summed E-state index contributed by atoms with van der Waals surface area (Å²) in [6.07, 6.45) is 1.80. The number of anilines is 2. The summed E-state index contributed by atoms with van der Waals surface area (Å²) < 4.78 is 5.48. The van der Waals surface area contributed by atoms with Gasteiger partial charge in [0.15, 0.2) is 0 Å². The van der Waals surface area contributed by atoms with Gasteiger partial charge in [0.05, 0.1) is 23.3 Å². The van der Waals surface area contributed by atoms with E-state index >= 15 is 0 Å². The van der Waals surface area contributed by atoms with E-state index in [1.807, 2.05) is 24.3 Å². The average Bonchev–Trinajstić information content (AvgIpc) is 3.31. The van der Waals surface area contributed by atoms with E-state index in [2.05, 4.69) is 37.8 Å². The molecule has 136 valence electrons. The zero-order valence-corrected chi connectivity index (χ0v) is 15.0. The Morgan fingerprint density at radius 2 is 2.15 bits per heavy atom. The fourth-order valence-electron chi connectivity index (χ4n) is 3.41. The molecule has 1 saturated heterocycles. The number of H-pyrrole nitrogens is 1. The summed E-state index contributed by atoms with van der Waals surface area (Å²) >= 11 is 0. The molecule has 1 aromatic carbocycles. The van der Waals surface area contributed by atoms with Gasteiger partial charge in [-0.2, -0.15) is 4.98 Å². The maximum Gasteiger partial charge on any atom is 0.222 e. The Morgan fingerprint density at radius 3 is 2.92 bits per heavy atom. The molecular formula is C19H24N6O. The molecule has 4 rings (SSSR count). The van der Waals surface area contributed by atoms with Crippen molar-refractivity contribution in [3.05, 3.63) is 41.9 Å². The number of nitrogen functional groups attached to an aromatic ring is 1. The summed E-state index contributed by atoms with van der Waals surface area (Å²) in [4.78, 5) is 19.1. The number of likely N-dealkylation sites (N-methyl/N-ethyl adjacent to an activating group) is 1. The lowest BCUT2D eigenvalue weighted by Gasteiger charge is -2.22. The fourth-order valence-corrected chi connectivity index (χ4v) is 3.41. The Morgan fingerprint density at radius 1 is 1.27 bits per heavy atom. The molecule has 0 radical (unpaired) electrons. The predicted octanol–water partition coefficient (Wildman–Crippen LogP) is 2.51. The first-order chi connectivity index (χ1) is 12.7. The van der Waals surface area contributed by atoms with Crippen LogP contribution in [0.25, 0.3) is 11.0 Å². The number of ether oxygens (including phenoxy) is 1. The second-order valence-electron chi connectivity index (χ2n) is 6.60. The van der Waals surface area contributed by atoms with Gasteiger partial charge >= 0.3 is 0 Å². The van der Waals surface area contributed by atoms with Gasteiger partial charge in [-0.25, -0.2) is 9.97 Å². The number of aromatic nitrogens is 4. The van der Waals surface area contributed by atoms with Crippen LogP contribution < -0.4 is 10.6 Å².